The molecule has 2 rings (SSSR count). The van der Waals surface area contributed by atoms with Crippen LogP contribution in [0.3, 0.4) is 0 Å². The van der Waals surface area contributed by atoms with Crippen LogP contribution in [0.1, 0.15) is 39.9 Å². The molecule has 1 aromatic carbocycles. The predicted molar refractivity (Wildman–Crippen MR) is 121 cm³/mol. The summed E-state index contributed by atoms with van der Waals surface area (Å²) in [6.45, 7) is 12.1. The molecule has 29 heavy (non-hydrogen) atoms. The molecule has 1 unspecified atom stereocenters. The van der Waals surface area contributed by atoms with E-state index in [-0.39, 0.29) is 0 Å². The van der Waals surface area contributed by atoms with E-state index in [9.17, 15) is 0 Å². The molecule has 0 radical (unpaired) electrons. The molecular weight excluding hydrogens is 362 g/mol. The second kappa shape index (κ2) is 12.1. The average Bonchev–Trinajstić information content (AvgIpc) is 3.18. The molecule has 0 amide bonds. The van der Waals surface area contributed by atoms with E-state index < -0.39 is 0 Å². The summed E-state index contributed by atoms with van der Waals surface area (Å²) in [6.07, 6.45) is 3.68. The molecule has 0 fully saturated rings. The Morgan fingerprint density at radius 2 is 1.97 bits per heavy atom. The second-order valence-electron chi connectivity index (χ2n) is 7.74. The van der Waals surface area contributed by atoms with Gasteiger partial charge in [0.25, 0.3) is 0 Å². The fraction of sp³-hybridized carbons (Fsp3) is 0.591. The van der Waals surface area contributed by atoms with E-state index in [4.69, 9.17) is 4.99 Å². The van der Waals surface area contributed by atoms with Crippen LogP contribution < -0.4 is 15.5 Å². The Bertz CT molecular complexity index is 724. The first-order valence-corrected chi connectivity index (χ1v) is 10.7. The van der Waals surface area contributed by atoms with Crippen molar-refractivity contribution in [2.45, 2.75) is 53.1 Å². The lowest BCUT2D eigenvalue weighted by Gasteiger charge is -2.22. The highest BCUT2D eigenvalue weighted by Gasteiger charge is 2.10. The molecule has 2 N–H and O–H groups in total. The molecule has 1 aromatic heterocycles. The number of anilines is 1. The van der Waals surface area contributed by atoms with Gasteiger partial charge in [-0.2, -0.15) is 0 Å². The van der Waals surface area contributed by atoms with Crippen LogP contribution in [0.15, 0.2) is 41.7 Å². The van der Waals surface area contributed by atoms with Crippen LogP contribution in [-0.2, 0) is 13.0 Å². The average molecular weight is 400 g/mol. The maximum atomic E-state index is 4.80. The van der Waals surface area contributed by atoms with Crippen LogP contribution in [0.2, 0.25) is 0 Å². The zero-order valence-electron chi connectivity index (χ0n) is 18.6. The molecule has 1 heterocycles. The Morgan fingerprint density at radius 1 is 1.21 bits per heavy atom. The minimum Gasteiger partial charge on any atom is -0.375 e. The molecular formula is C22H37N7. The lowest BCUT2D eigenvalue weighted by Crippen LogP contribution is -2.45. The van der Waals surface area contributed by atoms with E-state index >= 15 is 0 Å². The van der Waals surface area contributed by atoms with Crippen LogP contribution in [0.4, 0.5) is 5.69 Å². The molecule has 0 spiro atoms. The Hall–Kier alpha value is -2.57. The quantitative estimate of drug-likeness (QED) is 0.345. The number of aliphatic imine (C=N–C) groups is 1. The highest BCUT2D eigenvalue weighted by atomic mass is 15.3. The van der Waals surface area contributed by atoms with E-state index in [2.05, 4.69) is 89.3 Å². The third-order valence-corrected chi connectivity index (χ3v) is 5.14. The molecule has 0 aliphatic carbocycles. The Labute approximate surface area is 175 Å². The largest absolute Gasteiger partial charge is 0.375 e. The van der Waals surface area contributed by atoms with Crippen LogP contribution in [0.25, 0.3) is 0 Å². The van der Waals surface area contributed by atoms with E-state index in [1.54, 1.807) is 6.33 Å². The van der Waals surface area contributed by atoms with Crippen molar-refractivity contribution in [1.29, 1.82) is 0 Å². The van der Waals surface area contributed by atoms with Gasteiger partial charge in [0.2, 0.25) is 0 Å². The highest BCUT2D eigenvalue weighted by Crippen LogP contribution is 2.10. The first-order chi connectivity index (χ1) is 14.0. The summed E-state index contributed by atoms with van der Waals surface area (Å²) < 4.78 is 2.09. The second-order valence-corrected chi connectivity index (χ2v) is 7.74. The van der Waals surface area contributed by atoms with Gasteiger partial charge >= 0.3 is 0 Å². The van der Waals surface area contributed by atoms with E-state index in [1.807, 2.05) is 6.07 Å². The number of aryl methyl sites for hydroxylation is 1. The van der Waals surface area contributed by atoms with Gasteiger partial charge in [-0.3, -0.25) is 4.99 Å². The molecule has 0 bridgehead atoms. The molecule has 0 saturated carbocycles. The first kappa shape index (κ1) is 22.7. The van der Waals surface area contributed by atoms with Crippen LogP contribution in [-0.4, -0.2) is 53.4 Å². The first-order valence-electron chi connectivity index (χ1n) is 10.7. The SMILES string of the molecule is CCc1nncn1CCNC(=NCCCN(C)c1ccccc1)NC(C)C(C)C. The molecule has 0 saturated heterocycles. The van der Waals surface area contributed by atoms with Crippen molar-refractivity contribution in [3.8, 4) is 0 Å². The summed E-state index contributed by atoms with van der Waals surface area (Å²) in [5, 5.41) is 15.1. The number of guanidine groups is 1. The van der Waals surface area contributed by atoms with Gasteiger partial charge in [0, 0.05) is 51.4 Å². The molecule has 0 aliphatic heterocycles. The van der Waals surface area contributed by atoms with Gasteiger partial charge < -0.3 is 20.1 Å². The minimum absolute atomic E-state index is 0.356. The molecule has 0 aliphatic rings. The molecule has 7 nitrogen and oxygen atoms in total. The zero-order valence-corrected chi connectivity index (χ0v) is 18.6. The van der Waals surface area contributed by atoms with Crippen molar-refractivity contribution in [3.05, 3.63) is 42.5 Å². The summed E-state index contributed by atoms with van der Waals surface area (Å²) in [7, 11) is 2.13. The summed E-state index contributed by atoms with van der Waals surface area (Å²) in [5.41, 5.74) is 1.24. The summed E-state index contributed by atoms with van der Waals surface area (Å²) in [5.74, 6) is 2.42. The number of benzene rings is 1. The fourth-order valence-corrected chi connectivity index (χ4v) is 2.88. The van der Waals surface area contributed by atoms with Crippen molar-refractivity contribution in [1.82, 2.24) is 25.4 Å². The molecule has 1 atom stereocenters. The highest BCUT2D eigenvalue weighted by molar-refractivity contribution is 5.80. The van der Waals surface area contributed by atoms with Crippen molar-refractivity contribution in [3.63, 3.8) is 0 Å². The maximum absolute atomic E-state index is 4.80. The topological polar surface area (TPSA) is 70.4 Å². The number of aromatic nitrogens is 3. The Morgan fingerprint density at radius 3 is 2.66 bits per heavy atom. The van der Waals surface area contributed by atoms with Crippen LogP contribution in [0.5, 0.6) is 0 Å². The third-order valence-electron chi connectivity index (χ3n) is 5.14. The standard InChI is InChI=1S/C22H37N7/c1-6-21-27-25-17-29(21)16-14-24-22(26-19(4)18(2)3)23-13-10-15-28(5)20-11-8-7-9-12-20/h7-9,11-12,17-19H,6,10,13-16H2,1-5H3,(H2,23,24,26). The number of hydrogen-bond acceptors (Lipinski definition) is 4. The van der Waals surface area contributed by atoms with E-state index in [1.165, 1.54) is 5.69 Å². The van der Waals surface area contributed by atoms with E-state index in [0.29, 0.717) is 12.0 Å². The van der Waals surface area contributed by atoms with Gasteiger partial charge in [0.05, 0.1) is 0 Å². The van der Waals surface area contributed by atoms with Gasteiger partial charge in [-0.25, -0.2) is 0 Å². The third kappa shape index (κ3) is 7.75. The minimum atomic E-state index is 0.356. The number of nitrogens with one attached hydrogen (secondary N) is 2. The molecule has 7 heteroatoms. The Kier molecular flexibility index (Phi) is 9.47. The van der Waals surface area contributed by atoms with Crippen molar-refractivity contribution < 1.29 is 0 Å². The number of hydrogen-bond donors (Lipinski definition) is 2. The number of para-hydroxylation sites is 1. The van der Waals surface area contributed by atoms with Gasteiger partial charge in [0.1, 0.15) is 12.2 Å². The summed E-state index contributed by atoms with van der Waals surface area (Å²) in [6, 6.07) is 10.8. The zero-order chi connectivity index (χ0) is 21.1. The van der Waals surface area contributed by atoms with Gasteiger partial charge in [-0.1, -0.05) is 39.0 Å². The van der Waals surface area contributed by atoms with Gasteiger partial charge in [0.15, 0.2) is 5.96 Å². The van der Waals surface area contributed by atoms with Crippen LogP contribution in [0, 0.1) is 5.92 Å². The van der Waals surface area contributed by atoms with Gasteiger partial charge in [-0.15, -0.1) is 10.2 Å². The van der Waals surface area contributed by atoms with Crippen molar-refractivity contribution in [2.24, 2.45) is 10.9 Å². The van der Waals surface area contributed by atoms with Gasteiger partial charge in [-0.05, 0) is 31.4 Å². The van der Waals surface area contributed by atoms with Crippen molar-refractivity contribution >= 4 is 11.6 Å². The number of rotatable bonds is 11. The number of nitrogens with zero attached hydrogens (tertiary/aromatic N) is 5. The molecule has 160 valence electrons. The van der Waals surface area contributed by atoms with Crippen LogP contribution >= 0.6 is 0 Å². The van der Waals surface area contributed by atoms with E-state index in [0.717, 1.165) is 50.8 Å². The predicted octanol–water partition coefficient (Wildman–Crippen LogP) is 2.95. The Balaban J connectivity index is 1.85. The lowest BCUT2D eigenvalue weighted by molar-refractivity contribution is 0.479. The summed E-state index contributed by atoms with van der Waals surface area (Å²) in [4.78, 5) is 7.07. The lowest BCUT2D eigenvalue weighted by atomic mass is 10.1. The smallest absolute Gasteiger partial charge is 0.191 e. The normalized spacial score (nSPS) is 12.8. The monoisotopic (exact) mass is 399 g/mol. The fourth-order valence-electron chi connectivity index (χ4n) is 2.88. The maximum Gasteiger partial charge on any atom is 0.191 e. The van der Waals surface area contributed by atoms with Crippen molar-refractivity contribution in [2.75, 3.05) is 31.6 Å². The summed E-state index contributed by atoms with van der Waals surface area (Å²) >= 11 is 0. The molecule has 2 aromatic rings.